The number of benzene rings is 1. The summed E-state index contributed by atoms with van der Waals surface area (Å²) in [6.07, 6.45) is 2.93. The van der Waals surface area contributed by atoms with E-state index >= 15 is 0 Å². The molecule has 1 aromatic carbocycles. The Labute approximate surface area is 205 Å². The normalized spacial score (nSPS) is 25.3. The van der Waals surface area contributed by atoms with Crippen LogP contribution in [0.5, 0.6) is 0 Å². The van der Waals surface area contributed by atoms with E-state index in [2.05, 4.69) is 66.3 Å². The summed E-state index contributed by atoms with van der Waals surface area (Å²) >= 11 is 3.47. The Kier molecular flexibility index (Phi) is 8.04. The number of hydrogen-bond donors (Lipinski definition) is 2. The maximum absolute atomic E-state index is 12.9. The Balaban J connectivity index is 1.62. The van der Waals surface area contributed by atoms with E-state index in [4.69, 9.17) is 0 Å². The lowest BCUT2D eigenvalue weighted by Gasteiger charge is -2.50. The number of hydrogen-bond acceptors (Lipinski definition) is 4. The molecule has 2 N–H and O–H groups in total. The van der Waals surface area contributed by atoms with Crippen molar-refractivity contribution in [2.24, 2.45) is 23.2 Å². The lowest BCUT2D eigenvalue weighted by atomic mass is 9.58. The molecule has 180 valence electrons. The van der Waals surface area contributed by atoms with Gasteiger partial charge in [-0.15, -0.1) is 0 Å². The molecule has 1 unspecified atom stereocenters. The third-order valence-electron chi connectivity index (χ3n) is 8.03. The highest BCUT2D eigenvalue weighted by Gasteiger charge is 2.43. The van der Waals surface area contributed by atoms with Crippen molar-refractivity contribution in [2.45, 2.75) is 73.0 Å². The van der Waals surface area contributed by atoms with Crippen molar-refractivity contribution >= 4 is 27.5 Å². The van der Waals surface area contributed by atoms with E-state index in [1.165, 1.54) is 4.68 Å². The van der Waals surface area contributed by atoms with Crippen LogP contribution < -0.4 is 16.2 Å². The molecule has 1 aliphatic carbocycles. The fourth-order valence-electron chi connectivity index (χ4n) is 4.84. The van der Waals surface area contributed by atoms with Gasteiger partial charge in [-0.1, -0.05) is 65.0 Å². The molecule has 6 nitrogen and oxygen atoms in total. The highest BCUT2D eigenvalue weighted by atomic mass is 79.9. The Morgan fingerprint density at radius 3 is 2.58 bits per heavy atom. The number of halogens is 1. The molecule has 1 saturated carbocycles. The fourth-order valence-corrected chi connectivity index (χ4v) is 5.26. The van der Waals surface area contributed by atoms with Gasteiger partial charge in [0.25, 0.3) is 5.56 Å². The summed E-state index contributed by atoms with van der Waals surface area (Å²) in [4.78, 5) is 25.3. The van der Waals surface area contributed by atoms with Gasteiger partial charge in [-0.25, -0.2) is 4.68 Å². The summed E-state index contributed by atoms with van der Waals surface area (Å²) in [5.41, 5.74) is 1.82. The van der Waals surface area contributed by atoms with Crippen molar-refractivity contribution in [2.75, 3.05) is 5.32 Å². The van der Waals surface area contributed by atoms with Crippen LogP contribution in [0.3, 0.4) is 0 Å². The smallest absolute Gasteiger partial charge is 0.283 e. The molecule has 0 radical (unpaired) electrons. The zero-order valence-corrected chi connectivity index (χ0v) is 22.1. The van der Waals surface area contributed by atoms with Crippen LogP contribution in [-0.4, -0.2) is 21.7 Å². The predicted octanol–water partition coefficient (Wildman–Crippen LogP) is 5.39. The summed E-state index contributed by atoms with van der Waals surface area (Å²) in [5, 5.41) is 10.9. The first-order chi connectivity index (χ1) is 15.5. The molecular formula is C26H37BrN4O2. The quantitative estimate of drug-likeness (QED) is 0.516. The second-order valence-corrected chi connectivity index (χ2v) is 11.0. The Morgan fingerprint density at radius 2 is 1.91 bits per heavy atom. The van der Waals surface area contributed by atoms with E-state index in [-0.39, 0.29) is 41.9 Å². The number of aromatic nitrogens is 2. The molecule has 1 amide bonds. The van der Waals surface area contributed by atoms with Crippen molar-refractivity contribution < 1.29 is 4.79 Å². The number of carbonyl (C=O) groups excluding carboxylic acids is 1. The molecule has 7 heteroatoms. The standard InChI is InChI=1S/C26H37BrN4O2/c1-16-14-21(17(2)18(3)26(16,5)6)30-22-15-28-31(25(33)24(22)27)13-12-23(32)29-19(4)20-10-8-7-9-11-20/h7-11,15-19,21,30H,12-14H2,1-6H3,(H,29,32)/t16-,17+,18+,19?,21+/m0/s1. The van der Waals surface area contributed by atoms with Crippen LogP contribution in [0.4, 0.5) is 5.69 Å². The van der Waals surface area contributed by atoms with E-state index in [0.717, 1.165) is 12.0 Å². The van der Waals surface area contributed by atoms with E-state index in [9.17, 15) is 9.59 Å². The first-order valence-electron chi connectivity index (χ1n) is 11.9. The summed E-state index contributed by atoms with van der Waals surface area (Å²) in [6, 6.07) is 10.00. The van der Waals surface area contributed by atoms with Crippen molar-refractivity contribution in [3.05, 3.63) is 56.9 Å². The maximum Gasteiger partial charge on any atom is 0.283 e. The molecule has 1 fully saturated rings. The van der Waals surface area contributed by atoms with Gasteiger partial charge < -0.3 is 10.6 Å². The lowest BCUT2D eigenvalue weighted by molar-refractivity contribution is -0.122. The largest absolute Gasteiger partial charge is 0.380 e. The minimum Gasteiger partial charge on any atom is -0.380 e. The van der Waals surface area contributed by atoms with Crippen LogP contribution in [0, 0.1) is 23.2 Å². The van der Waals surface area contributed by atoms with Crippen LogP contribution in [0.25, 0.3) is 0 Å². The molecule has 5 atom stereocenters. The number of rotatable bonds is 7. The topological polar surface area (TPSA) is 76.0 Å². The average Bonchev–Trinajstić information content (AvgIpc) is 2.79. The molecule has 33 heavy (non-hydrogen) atoms. The monoisotopic (exact) mass is 516 g/mol. The molecule has 0 spiro atoms. The van der Waals surface area contributed by atoms with E-state index in [0.29, 0.717) is 27.9 Å². The zero-order chi connectivity index (χ0) is 24.3. The van der Waals surface area contributed by atoms with Crippen molar-refractivity contribution in [3.63, 3.8) is 0 Å². The summed E-state index contributed by atoms with van der Waals surface area (Å²) in [7, 11) is 0. The van der Waals surface area contributed by atoms with Gasteiger partial charge >= 0.3 is 0 Å². The molecule has 1 heterocycles. The highest BCUT2D eigenvalue weighted by molar-refractivity contribution is 9.10. The number of anilines is 1. The predicted molar refractivity (Wildman–Crippen MR) is 137 cm³/mol. The van der Waals surface area contributed by atoms with Crippen LogP contribution in [-0.2, 0) is 11.3 Å². The van der Waals surface area contributed by atoms with Gasteiger partial charge in [0.15, 0.2) is 0 Å². The van der Waals surface area contributed by atoms with Gasteiger partial charge in [0.1, 0.15) is 4.47 Å². The number of nitrogens with zero attached hydrogens (tertiary/aromatic N) is 2. The molecule has 1 aliphatic rings. The maximum atomic E-state index is 12.9. The van der Waals surface area contributed by atoms with Gasteiger partial charge in [0.05, 0.1) is 24.5 Å². The van der Waals surface area contributed by atoms with E-state index in [1.807, 2.05) is 37.3 Å². The minimum absolute atomic E-state index is 0.0889. The van der Waals surface area contributed by atoms with Gasteiger partial charge in [-0.2, -0.15) is 5.10 Å². The Bertz CT molecular complexity index is 1020. The van der Waals surface area contributed by atoms with Gasteiger partial charge in [0, 0.05) is 12.5 Å². The van der Waals surface area contributed by atoms with Crippen molar-refractivity contribution in [1.29, 1.82) is 0 Å². The zero-order valence-electron chi connectivity index (χ0n) is 20.6. The molecule has 1 aromatic heterocycles. The molecular weight excluding hydrogens is 480 g/mol. The van der Waals surface area contributed by atoms with E-state index < -0.39 is 0 Å². The Hall–Kier alpha value is -2.15. The van der Waals surface area contributed by atoms with Crippen LogP contribution in [0.15, 0.2) is 45.8 Å². The SMILES string of the molecule is CC(NC(=O)CCn1ncc(N[C@@H]2C[C@H](C)C(C)(C)[C@H](C)[C@H]2C)c(Br)c1=O)c1ccccc1. The summed E-state index contributed by atoms with van der Waals surface area (Å²) in [5.74, 6) is 1.49. The van der Waals surface area contributed by atoms with E-state index in [1.54, 1.807) is 6.20 Å². The van der Waals surface area contributed by atoms with Gasteiger partial charge in [0.2, 0.25) is 5.91 Å². The Morgan fingerprint density at radius 1 is 1.24 bits per heavy atom. The first kappa shape index (κ1) is 25.5. The average molecular weight is 518 g/mol. The highest BCUT2D eigenvalue weighted by Crippen LogP contribution is 2.48. The fraction of sp³-hybridized carbons (Fsp3) is 0.577. The van der Waals surface area contributed by atoms with Crippen LogP contribution in [0.2, 0.25) is 0 Å². The second kappa shape index (κ2) is 10.4. The molecule has 0 bridgehead atoms. The molecule has 2 aromatic rings. The third-order valence-corrected chi connectivity index (χ3v) is 8.79. The van der Waals surface area contributed by atoms with Crippen LogP contribution >= 0.6 is 15.9 Å². The van der Waals surface area contributed by atoms with Crippen LogP contribution in [0.1, 0.15) is 66.0 Å². The third kappa shape index (κ3) is 5.68. The summed E-state index contributed by atoms with van der Waals surface area (Å²) in [6.45, 7) is 13.8. The molecule has 3 rings (SSSR count). The van der Waals surface area contributed by atoms with Crippen molar-refractivity contribution in [3.8, 4) is 0 Å². The first-order valence-corrected chi connectivity index (χ1v) is 12.7. The number of nitrogens with one attached hydrogen (secondary N) is 2. The molecule has 0 saturated heterocycles. The summed E-state index contributed by atoms with van der Waals surface area (Å²) < 4.78 is 1.81. The van der Waals surface area contributed by atoms with Gasteiger partial charge in [-0.3, -0.25) is 9.59 Å². The van der Waals surface area contributed by atoms with Crippen molar-refractivity contribution in [1.82, 2.24) is 15.1 Å². The number of carbonyl (C=O) groups is 1. The second-order valence-electron chi connectivity index (χ2n) is 10.2. The lowest BCUT2D eigenvalue weighted by Crippen LogP contribution is -2.48. The van der Waals surface area contributed by atoms with Gasteiger partial charge in [-0.05, 0) is 58.0 Å². The number of aryl methyl sites for hydroxylation is 1. The number of amides is 1. The molecule has 0 aliphatic heterocycles. The minimum atomic E-state index is -0.228.